The van der Waals surface area contributed by atoms with E-state index in [1.165, 1.54) is 27.7 Å². The van der Waals surface area contributed by atoms with Crippen LogP contribution in [0.5, 0.6) is 0 Å². The summed E-state index contributed by atoms with van der Waals surface area (Å²) in [4.78, 5) is 70.2. The van der Waals surface area contributed by atoms with Gasteiger partial charge in [0.25, 0.3) is 5.91 Å². The van der Waals surface area contributed by atoms with Crippen LogP contribution < -0.4 is 21.4 Å². The minimum Gasteiger partial charge on any atom is -0.344 e. The third-order valence-electron chi connectivity index (χ3n) is 5.74. The molecule has 0 spiro atoms. The van der Waals surface area contributed by atoms with Crippen LogP contribution in [0, 0.1) is 11.8 Å². The summed E-state index contributed by atoms with van der Waals surface area (Å²) in [6.45, 7) is 8.86. The van der Waals surface area contributed by atoms with E-state index in [1.54, 1.807) is 40.7 Å². The molecule has 12 heteroatoms. The van der Waals surface area contributed by atoms with E-state index in [0.717, 1.165) is 18.6 Å². The summed E-state index contributed by atoms with van der Waals surface area (Å²) in [5.41, 5.74) is 2.72. The minimum atomic E-state index is -1.15. The smallest absolute Gasteiger partial charge is 0.344 e. The van der Waals surface area contributed by atoms with Gasteiger partial charge < -0.3 is 20.8 Å². The number of hydrogen-bond donors (Lipinski definition) is 4. The van der Waals surface area contributed by atoms with Crippen LogP contribution in [0.15, 0.2) is 22.6 Å². The third-order valence-corrected chi connectivity index (χ3v) is 8.41. The Hall–Kier alpha value is -2.47. The van der Waals surface area contributed by atoms with Gasteiger partial charge in [-0.25, -0.2) is 4.79 Å². The summed E-state index contributed by atoms with van der Waals surface area (Å²) in [6, 6.07) is -2.97. The van der Waals surface area contributed by atoms with Crippen molar-refractivity contribution in [3.8, 4) is 0 Å². The predicted molar refractivity (Wildman–Crippen MR) is 140 cm³/mol. The van der Waals surface area contributed by atoms with Crippen molar-refractivity contribution < 1.29 is 28.8 Å². The molecule has 0 aromatic heterocycles. The lowest BCUT2D eigenvalue weighted by molar-refractivity contribution is -0.135. The zero-order valence-corrected chi connectivity index (χ0v) is 23.0. The Balaban J connectivity index is 2.58. The molecule has 4 N–H and O–H groups in total. The van der Waals surface area contributed by atoms with Gasteiger partial charge in [-0.05, 0) is 44.1 Å². The first-order chi connectivity index (χ1) is 17.0. The van der Waals surface area contributed by atoms with E-state index in [-0.39, 0.29) is 24.0 Å². The highest BCUT2D eigenvalue weighted by Crippen LogP contribution is 2.33. The number of hydroxylamine groups is 1. The van der Waals surface area contributed by atoms with Gasteiger partial charge in [0.15, 0.2) is 5.78 Å². The quantitative estimate of drug-likeness (QED) is 0.392. The third kappa shape index (κ3) is 8.88. The van der Waals surface area contributed by atoms with Crippen molar-refractivity contribution in [1.82, 2.24) is 21.4 Å². The van der Waals surface area contributed by atoms with E-state index in [1.807, 2.05) is 0 Å². The number of rotatable bonds is 2. The minimum absolute atomic E-state index is 0.0522. The second-order valence-corrected chi connectivity index (χ2v) is 11.9. The van der Waals surface area contributed by atoms with Gasteiger partial charge in [0.05, 0.1) is 6.04 Å². The first-order valence-corrected chi connectivity index (χ1v) is 14.4. The van der Waals surface area contributed by atoms with Crippen molar-refractivity contribution in [3.05, 3.63) is 22.6 Å². The highest BCUT2D eigenvalue weighted by molar-refractivity contribution is 8.78. The SMILES string of the molecule is CC=C1SSCCCCC2=CC(=O)C(C(C)C)NC(=O)ONC(=O)C1NC(=O)C(C(C)C)NC(=O)C2. The number of hydrogen-bond acceptors (Lipinski definition) is 8. The fraction of sp³-hybridized carbons (Fsp3) is 0.625. The average Bonchev–Trinajstić information content (AvgIpc) is 2.81. The van der Waals surface area contributed by atoms with Gasteiger partial charge in [-0.3, -0.25) is 19.2 Å². The Labute approximate surface area is 219 Å². The highest BCUT2D eigenvalue weighted by atomic mass is 33.1. The largest absolute Gasteiger partial charge is 0.432 e. The molecule has 36 heavy (non-hydrogen) atoms. The molecule has 200 valence electrons. The molecule has 0 aromatic carbocycles. The number of nitrogens with one attached hydrogen (secondary N) is 4. The maximum atomic E-state index is 13.2. The van der Waals surface area contributed by atoms with Crippen LogP contribution in [0.4, 0.5) is 4.79 Å². The lowest BCUT2D eigenvalue weighted by atomic mass is 9.95. The lowest BCUT2D eigenvalue weighted by Crippen LogP contribution is -2.56. The molecule has 1 saturated heterocycles. The normalized spacial score (nSPS) is 27.0. The first-order valence-electron chi connectivity index (χ1n) is 12.1. The van der Waals surface area contributed by atoms with E-state index in [9.17, 15) is 24.0 Å². The Morgan fingerprint density at radius 3 is 2.28 bits per heavy atom. The molecule has 4 amide bonds. The van der Waals surface area contributed by atoms with Crippen molar-refractivity contribution in [2.24, 2.45) is 11.8 Å². The van der Waals surface area contributed by atoms with Gasteiger partial charge in [-0.15, -0.1) is 0 Å². The van der Waals surface area contributed by atoms with Gasteiger partial charge >= 0.3 is 6.09 Å². The van der Waals surface area contributed by atoms with Crippen molar-refractivity contribution >= 4 is 51.2 Å². The van der Waals surface area contributed by atoms with Crippen LogP contribution in [0.25, 0.3) is 0 Å². The van der Waals surface area contributed by atoms with E-state index in [4.69, 9.17) is 4.84 Å². The molecule has 0 aliphatic carbocycles. The first kappa shape index (κ1) is 29.8. The van der Waals surface area contributed by atoms with Crippen LogP contribution in [-0.2, 0) is 24.0 Å². The summed E-state index contributed by atoms with van der Waals surface area (Å²) in [6.07, 6.45) is 4.17. The fourth-order valence-corrected chi connectivity index (χ4v) is 6.22. The summed E-state index contributed by atoms with van der Waals surface area (Å²) in [5.74, 6) is -1.86. The maximum absolute atomic E-state index is 13.2. The number of carbonyl (C=O) groups is 5. The van der Waals surface area contributed by atoms with Gasteiger partial charge in [0, 0.05) is 17.1 Å². The Kier molecular flexibility index (Phi) is 11.8. The molecule has 2 aliphatic heterocycles. The number of fused-ring (bicyclic) bond motifs is 7. The zero-order chi connectivity index (χ0) is 26.8. The van der Waals surface area contributed by atoms with Crippen LogP contribution >= 0.6 is 21.6 Å². The summed E-state index contributed by atoms with van der Waals surface area (Å²) in [5, 5.41) is 7.96. The Bertz CT molecular complexity index is 918. The monoisotopic (exact) mass is 540 g/mol. The van der Waals surface area contributed by atoms with Crippen molar-refractivity contribution in [3.63, 3.8) is 0 Å². The molecule has 2 heterocycles. The van der Waals surface area contributed by atoms with E-state index >= 15 is 0 Å². The zero-order valence-electron chi connectivity index (χ0n) is 21.3. The van der Waals surface area contributed by atoms with Crippen molar-refractivity contribution in [2.45, 2.75) is 78.4 Å². The predicted octanol–water partition coefficient (Wildman–Crippen LogP) is 2.76. The molecule has 0 aromatic rings. The molecule has 2 aliphatic rings. The Morgan fingerprint density at radius 2 is 1.64 bits per heavy atom. The topological polar surface area (TPSA) is 143 Å². The second-order valence-electron chi connectivity index (χ2n) is 9.39. The van der Waals surface area contributed by atoms with E-state index < -0.39 is 41.9 Å². The molecular formula is C24H36N4O6S2. The summed E-state index contributed by atoms with van der Waals surface area (Å²) < 4.78 is 0. The molecule has 0 radical (unpaired) electrons. The molecule has 1 fully saturated rings. The number of carbonyl (C=O) groups excluding carboxylic acids is 5. The van der Waals surface area contributed by atoms with Crippen LogP contribution in [0.2, 0.25) is 0 Å². The number of amides is 4. The molecule has 0 saturated carbocycles. The lowest BCUT2D eigenvalue weighted by Gasteiger charge is -2.26. The Morgan fingerprint density at radius 1 is 0.944 bits per heavy atom. The summed E-state index contributed by atoms with van der Waals surface area (Å²) in [7, 11) is 2.89. The average molecular weight is 541 g/mol. The van der Waals surface area contributed by atoms with Crippen molar-refractivity contribution in [2.75, 3.05) is 5.75 Å². The van der Waals surface area contributed by atoms with E-state index in [0.29, 0.717) is 16.9 Å². The molecule has 3 unspecified atom stereocenters. The molecule has 2 bridgehead atoms. The van der Waals surface area contributed by atoms with Gasteiger partial charge in [-0.2, -0.15) is 5.48 Å². The summed E-state index contributed by atoms with van der Waals surface area (Å²) >= 11 is 0. The standard InChI is InChI=1S/C24H36N4O6S2/c1-6-17-21-23(32)28-34-24(33)27-19(13(2)3)16(29)11-15(9-7-8-10-35-36-17)12-18(30)25-20(14(4)5)22(31)26-21/h6,11,13-14,19-21H,7-10,12H2,1-5H3,(H,25,30)(H,26,31)(H,27,33)(H,28,32). The van der Waals surface area contributed by atoms with Crippen LogP contribution in [0.1, 0.15) is 60.3 Å². The van der Waals surface area contributed by atoms with E-state index in [2.05, 4.69) is 21.4 Å². The fourth-order valence-electron chi connectivity index (χ4n) is 3.73. The van der Waals surface area contributed by atoms with Crippen molar-refractivity contribution in [1.29, 1.82) is 0 Å². The van der Waals surface area contributed by atoms with Gasteiger partial charge in [0.2, 0.25) is 11.8 Å². The van der Waals surface area contributed by atoms with Crippen LogP contribution in [-0.4, -0.2) is 53.5 Å². The second kappa shape index (κ2) is 14.3. The maximum Gasteiger partial charge on any atom is 0.432 e. The molecule has 2 rings (SSSR count). The van der Waals surface area contributed by atoms with Gasteiger partial charge in [0.1, 0.15) is 12.1 Å². The van der Waals surface area contributed by atoms with Gasteiger partial charge in [-0.1, -0.05) is 60.9 Å². The molecular weight excluding hydrogens is 504 g/mol. The molecule has 3 atom stereocenters. The van der Waals surface area contributed by atoms with Crippen LogP contribution in [0.3, 0.4) is 0 Å². The number of ketones is 1. The highest BCUT2D eigenvalue weighted by Gasteiger charge is 2.33. The number of allylic oxidation sites excluding steroid dienone is 1. The molecule has 10 nitrogen and oxygen atoms in total.